The van der Waals surface area contributed by atoms with Crippen LogP contribution in [0.3, 0.4) is 0 Å². The van der Waals surface area contributed by atoms with Gasteiger partial charge in [0.25, 0.3) is 0 Å². The summed E-state index contributed by atoms with van der Waals surface area (Å²) in [5.74, 6) is 0. The van der Waals surface area contributed by atoms with Gasteiger partial charge in [0.15, 0.2) is 0 Å². The minimum Gasteiger partial charge on any atom is -0.394 e. The van der Waals surface area contributed by atoms with Gasteiger partial charge in [-0.15, -0.1) is 0 Å². The van der Waals surface area contributed by atoms with E-state index in [0.717, 1.165) is 18.4 Å². The Balaban J connectivity index is 2.07. The normalized spacial score (nSPS) is 28.8. The first-order valence-electron chi connectivity index (χ1n) is 6.78. The fourth-order valence-corrected chi connectivity index (χ4v) is 3.17. The Morgan fingerprint density at radius 3 is 2.55 bits per heavy atom. The smallest absolute Gasteiger partial charge is 0.114 e. The van der Waals surface area contributed by atoms with Gasteiger partial charge in [-0.2, -0.15) is 0 Å². The second-order valence-corrected chi connectivity index (χ2v) is 6.90. The van der Waals surface area contributed by atoms with E-state index in [1.165, 1.54) is 0 Å². The molecule has 3 nitrogen and oxygen atoms in total. The Bertz CT molecular complexity index is 493. The fourth-order valence-electron chi connectivity index (χ4n) is 2.84. The zero-order chi connectivity index (χ0) is 15.0. The van der Waals surface area contributed by atoms with Crippen LogP contribution in [0.25, 0.3) is 0 Å². The fraction of sp³-hybridized carbons (Fsp3) is 0.600. The highest BCUT2D eigenvalue weighted by molar-refractivity contribution is 6.42. The van der Waals surface area contributed by atoms with Gasteiger partial charge >= 0.3 is 0 Å². The van der Waals surface area contributed by atoms with E-state index in [4.69, 9.17) is 27.9 Å². The average Bonchev–Trinajstić information content (AvgIpc) is 2.61. The van der Waals surface area contributed by atoms with Crippen molar-refractivity contribution in [3.05, 3.63) is 33.8 Å². The molecule has 0 aliphatic carbocycles. The molecule has 0 amide bonds. The van der Waals surface area contributed by atoms with Crippen molar-refractivity contribution in [1.82, 2.24) is 5.32 Å². The van der Waals surface area contributed by atoms with Gasteiger partial charge < -0.3 is 9.84 Å². The Kier molecular flexibility index (Phi) is 4.67. The van der Waals surface area contributed by atoms with Crippen molar-refractivity contribution in [1.29, 1.82) is 0 Å². The maximum atomic E-state index is 9.51. The highest BCUT2D eigenvalue weighted by Gasteiger charge is 2.47. The molecule has 0 bridgehead atoms. The van der Waals surface area contributed by atoms with Crippen LogP contribution in [-0.2, 0) is 11.2 Å². The zero-order valence-electron chi connectivity index (χ0n) is 12.0. The topological polar surface area (TPSA) is 41.5 Å². The molecule has 2 rings (SSSR count). The Morgan fingerprint density at radius 1 is 1.25 bits per heavy atom. The third kappa shape index (κ3) is 3.46. The van der Waals surface area contributed by atoms with Crippen LogP contribution in [0.15, 0.2) is 18.2 Å². The van der Waals surface area contributed by atoms with Crippen molar-refractivity contribution >= 4 is 23.2 Å². The summed E-state index contributed by atoms with van der Waals surface area (Å²) in [6, 6.07) is 5.68. The monoisotopic (exact) mass is 317 g/mol. The predicted octanol–water partition coefficient (Wildman–Crippen LogP) is 3.40. The molecule has 2 N–H and O–H groups in total. The number of aliphatic hydroxyl groups excluding tert-OH is 1. The molecule has 112 valence electrons. The lowest BCUT2D eigenvalue weighted by molar-refractivity contribution is -0.0503. The summed E-state index contributed by atoms with van der Waals surface area (Å²) in [7, 11) is 0. The first-order chi connectivity index (χ1) is 9.26. The summed E-state index contributed by atoms with van der Waals surface area (Å²) < 4.78 is 5.84. The summed E-state index contributed by atoms with van der Waals surface area (Å²) >= 11 is 12.0. The van der Waals surface area contributed by atoms with E-state index in [0.29, 0.717) is 10.0 Å². The number of hydrogen-bond acceptors (Lipinski definition) is 3. The lowest BCUT2D eigenvalue weighted by Crippen LogP contribution is -2.50. The van der Waals surface area contributed by atoms with Crippen molar-refractivity contribution in [3.63, 3.8) is 0 Å². The molecule has 0 saturated carbocycles. The quantitative estimate of drug-likeness (QED) is 0.894. The number of benzene rings is 1. The van der Waals surface area contributed by atoms with E-state index in [-0.39, 0.29) is 18.2 Å². The molecule has 0 radical (unpaired) electrons. The second kappa shape index (κ2) is 5.82. The Labute approximate surface area is 130 Å². The first kappa shape index (κ1) is 16.1. The highest BCUT2D eigenvalue weighted by atomic mass is 35.5. The van der Waals surface area contributed by atoms with Crippen LogP contribution in [-0.4, -0.2) is 29.1 Å². The minimum absolute atomic E-state index is 0.00824. The molecule has 5 heteroatoms. The number of aryl methyl sites for hydroxylation is 1. The maximum Gasteiger partial charge on any atom is 0.114 e. The molecule has 1 fully saturated rings. The van der Waals surface area contributed by atoms with Gasteiger partial charge in [0.05, 0.1) is 16.7 Å². The molecule has 0 spiro atoms. The summed E-state index contributed by atoms with van der Waals surface area (Å²) in [4.78, 5) is 0. The van der Waals surface area contributed by atoms with Crippen molar-refractivity contribution in [2.24, 2.45) is 0 Å². The van der Waals surface area contributed by atoms with Gasteiger partial charge in [-0.1, -0.05) is 29.3 Å². The number of halogens is 2. The summed E-state index contributed by atoms with van der Waals surface area (Å²) in [5, 5.41) is 14.1. The predicted molar refractivity (Wildman–Crippen MR) is 82.4 cm³/mol. The largest absolute Gasteiger partial charge is 0.394 e. The van der Waals surface area contributed by atoms with Gasteiger partial charge in [-0.25, -0.2) is 0 Å². The standard InChI is InChI=1S/C15H21Cl2NO2/c1-14(2)18-15(3,13(9-19)20-14)7-6-10-4-5-11(16)12(17)8-10/h4-5,8,13,18-19H,6-7,9H2,1-3H3/t13?,15-/m1/s1. The second-order valence-electron chi connectivity index (χ2n) is 6.09. The van der Waals surface area contributed by atoms with Crippen molar-refractivity contribution in [3.8, 4) is 0 Å². The van der Waals surface area contributed by atoms with Gasteiger partial charge in [0, 0.05) is 5.54 Å². The summed E-state index contributed by atoms with van der Waals surface area (Å²) in [6.07, 6.45) is 1.48. The van der Waals surface area contributed by atoms with E-state index >= 15 is 0 Å². The zero-order valence-corrected chi connectivity index (χ0v) is 13.6. The minimum atomic E-state index is -0.417. The molecular weight excluding hydrogens is 297 g/mol. The van der Waals surface area contributed by atoms with Crippen LogP contribution in [0, 0.1) is 0 Å². The molecule has 1 saturated heterocycles. The Morgan fingerprint density at radius 2 is 1.95 bits per heavy atom. The van der Waals surface area contributed by atoms with Gasteiger partial charge in [-0.3, -0.25) is 5.32 Å². The maximum absolute atomic E-state index is 9.51. The molecule has 1 heterocycles. The molecule has 1 aromatic carbocycles. The molecule has 1 aliphatic rings. The molecule has 1 aromatic rings. The van der Waals surface area contributed by atoms with E-state index in [1.807, 2.05) is 32.0 Å². The van der Waals surface area contributed by atoms with E-state index in [2.05, 4.69) is 12.2 Å². The SMILES string of the molecule is CC1(C)N[C@](C)(CCc2ccc(Cl)c(Cl)c2)C(CO)O1. The lowest BCUT2D eigenvalue weighted by Gasteiger charge is -2.29. The van der Waals surface area contributed by atoms with Crippen LogP contribution in [0.2, 0.25) is 10.0 Å². The molecule has 1 unspecified atom stereocenters. The third-order valence-electron chi connectivity index (χ3n) is 3.82. The van der Waals surface area contributed by atoms with Crippen LogP contribution < -0.4 is 5.32 Å². The molecule has 2 atom stereocenters. The number of aliphatic hydroxyl groups is 1. The van der Waals surface area contributed by atoms with Crippen LogP contribution in [0.5, 0.6) is 0 Å². The third-order valence-corrected chi connectivity index (χ3v) is 4.56. The van der Waals surface area contributed by atoms with E-state index < -0.39 is 5.72 Å². The van der Waals surface area contributed by atoms with Gasteiger partial charge in [0.2, 0.25) is 0 Å². The van der Waals surface area contributed by atoms with E-state index in [9.17, 15) is 5.11 Å². The van der Waals surface area contributed by atoms with E-state index in [1.54, 1.807) is 0 Å². The Hall–Kier alpha value is -0.320. The first-order valence-corrected chi connectivity index (χ1v) is 7.53. The molecular formula is C15H21Cl2NO2. The lowest BCUT2D eigenvalue weighted by atomic mass is 9.88. The number of ether oxygens (including phenoxy) is 1. The van der Waals surface area contributed by atoms with Crippen molar-refractivity contribution in [2.45, 2.75) is 51.0 Å². The van der Waals surface area contributed by atoms with Crippen LogP contribution in [0.4, 0.5) is 0 Å². The molecule has 20 heavy (non-hydrogen) atoms. The van der Waals surface area contributed by atoms with Crippen molar-refractivity contribution < 1.29 is 9.84 Å². The number of nitrogens with one attached hydrogen (secondary N) is 1. The highest BCUT2D eigenvalue weighted by Crippen LogP contribution is 2.33. The van der Waals surface area contributed by atoms with Crippen molar-refractivity contribution in [2.75, 3.05) is 6.61 Å². The summed E-state index contributed by atoms with van der Waals surface area (Å²) in [6.45, 7) is 6.04. The van der Waals surface area contributed by atoms with Gasteiger partial charge in [-0.05, 0) is 51.3 Å². The number of hydrogen-bond donors (Lipinski definition) is 2. The molecule has 0 aromatic heterocycles. The summed E-state index contributed by atoms with van der Waals surface area (Å²) in [5.41, 5.74) is 0.452. The number of rotatable bonds is 4. The van der Waals surface area contributed by atoms with Crippen LogP contribution in [0.1, 0.15) is 32.8 Å². The van der Waals surface area contributed by atoms with Gasteiger partial charge in [0.1, 0.15) is 11.8 Å². The molecule has 1 aliphatic heterocycles. The van der Waals surface area contributed by atoms with Crippen LogP contribution >= 0.6 is 23.2 Å². The average molecular weight is 318 g/mol.